The van der Waals surface area contributed by atoms with Gasteiger partial charge in [-0.15, -0.1) is 0 Å². The summed E-state index contributed by atoms with van der Waals surface area (Å²) >= 11 is 0. The van der Waals surface area contributed by atoms with Gasteiger partial charge in [-0.1, -0.05) is 188 Å². The number of para-hydroxylation sites is 1. The quantitative estimate of drug-likeness (QED) is 0.160. The van der Waals surface area contributed by atoms with Gasteiger partial charge in [-0.25, -0.2) is 0 Å². The zero-order valence-corrected chi connectivity index (χ0v) is 36.9. The number of nitrogens with zero attached hydrogens (tertiary/aromatic N) is 1. The number of hydrogen-bond acceptors (Lipinski definition) is 3. The van der Waals surface area contributed by atoms with E-state index >= 15 is 0 Å². The van der Waals surface area contributed by atoms with Gasteiger partial charge in [0.15, 0.2) is 0 Å². The number of hydrogen-bond donors (Lipinski definition) is 0. The highest BCUT2D eigenvalue weighted by Gasteiger charge is 2.47. The average Bonchev–Trinajstić information content (AvgIpc) is 4.09. The molecule has 0 atom stereocenters. The normalized spacial score (nSPS) is 12.8. The Morgan fingerprint density at radius 3 is 1.71 bits per heavy atom. The Bertz CT molecular complexity index is 4030. The van der Waals surface area contributed by atoms with Gasteiger partial charge in [-0.05, 0) is 116 Å². The zero-order valence-electron chi connectivity index (χ0n) is 36.9. The number of furan rings is 2. The lowest BCUT2D eigenvalue weighted by atomic mass is 9.68. The molecule has 0 amide bonds. The monoisotopic (exact) mass is 867 g/mol. The predicted octanol–water partition coefficient (Wildman–Crippen LogP) is 17.8. The molecule has 68 heavy (non-hydrogen) atoms. The van der Waals surface area contributed by atoms with Gasteiger partial charge in [0.2, 0.25) is 0 Å². The Labute approximate surface area is 393 Å². The fourth-order valence-corrected chi connectivity index (χ4v) is 11.4. The van der Waals surface area contributed by atoms with Crippen molar-refractivity contribution in [1.29, 1.82) is 0 Å². The van der Waals surface area contributed by atoms with Gasteiger partial charge in [-0.2, -0.15) is 0 Å². The van der Waals surface area contributed by atoms with E-state index in [0.29, 0.717) is 0 Å². The van der Waals surface area contributed by atoms with Crippen LogP contribution in [0.4, 0.5) is 17.1 Å². The van der Waals surface area contributed by atoms with Gasteiger partial charge in [-0.3, -0.25) is 0 Å². The molecule has 0 saturated heterocycles. The van der Waals surface area contributed by atoms with Crippen molar-refractivity contribution >= 4 is 71.7 Å². The summed E-state index contributed by atoms with van der Waals surface area (Å²) in [7, 11) is 0. The molecule has 0 bridgehead atoms. The SMILES string of the molecule is c1ccc(C2(c3ccccc3)c3ccccc3-c3c(N(c4ccc(-c5ccc6oc7ccccc7c6c5)cc4)c4ccc(-c5cccc6oc7c8ccccc8ccc7c56)cc4)cccc32)cc1. The minimum Gasteiger partial charge on any atom is -0.456 e. The third-order valence-corrected chi connectivity index (χ3v) is 14.4. The summed E-state index contributed by atoms with van der Waals surface area (Å²) in [6.07, 6.45) is 0. The van der Waals surface area contributed by atoms with Crippen LogP contribution in [0.3, 0.4) is 0 Å². The standard InChI is InChI=1S/C65H41NO2/c1-3-16-46(17-4-1)65(47-18-5-2-6-19-47)56-24-11-9-22-53(56)63-57(65)25-14-26-58(63)66(48-35-29-42(30-36-48)45-34-40-60-55(41-45)52-21-10-12-27-59(52)67-60)49-37-31-44(32-38-49)50-23-13-28-61-62(50)54-39-33-43-15-7-8-20-51(43)64(54)68-61/h1-41H. The van der Waals surface area contributed by atoms with Crippen molar-refractivity contribution in [2.75, 3.05) is 4.90 Å². The molecule has 0 radical (unpaired) electrons. The maximum atomic E-state index is 6.62. The summed E-state index contributed by atoms with van der Waals surface area (Å²) in [5.41, 5.74) is 18.4. The molecule has 0 aliphatic heterocycles. The second kappa shape index (κ2) is 15.1. The molecule has 3 nitrogen and oxygen atoms in total. The van der Waals surface area contributed by atoms with Crippen LogP contribution in [0.5, 0.6) is 0 Å². The van der Waals surface area contributed by atoms with Crippen LogP contribution in [0.15, 0.2) is 258 Å². The Kier molecular flexibility index (Phi) is 8.50. The molecule has 1 aliphatic rings. The van der Waals surface area contributed by atoms with Crippen LogP contribution in [-0.2, 0) is 5.41 Å². The first-order chi connectivity index (χ1) is 33.7. The smallest absolute Gasteiger partial charge is 0.143 e. The van der Waals surface area contributed by atoms with Crippen LogP contribution >= 0.6 is 0 Å². The molecule has 2 aromatic heterocycles. The van der Waals surface area contributed by atoms with Crippen molar-refractivity contribution in [2.45, 2.75) is 5.41 Å². The molecule has 0 fully saturated rings. The van der Waals surface area contributed by atoms with Gasteiger partial charge in [0.25, 0.3) is 0 Å². The minimum atomic E-state index is -0.531. The van der Waals surface area contributed by atoms with E-state index in [9.17, 15) is 0 Å². The van der Waals surface area contributed by atoms with E-state index in [1.165, 1.54) is 38.8 Å². The van der Waals surface area contributed by atoms with Crippen molar-refractivity contribution in [3.8, 4) is 33.4 Å². The third-order valence-electron chi connectivity index (χ3n) is 14.4. The second-order valence-electron chi connectivity index (χ2n) is 17.9. The molecule has 1 aliphatic carbocycles. The molecule has 11 aromatic carbocycles. The third kappa shape index (κ3) is 5.66. The fourth-order valence-electron chi connectivity index (χ4n) is 11.4. The molecule has 0 spiro atoms. The highest BCUT2D eigenvalue weighted by atomic mass is 16.3. The van der Waals surface area contributed by atoms with E-state index in [2.05, 4.69) is 241 Å². The maximum Gasteiger partial charge on any atom is 0.143 e. The highest BCUT2D eigenvalue weighted by molar-refractivity contribution is 6.19. The van der Waals surface area contributed by atoms with Crippen molar-refractivity contribution < 1.29 is 8.83 Å². The average molecular weight is 868 g/mol. The highest BCUT2D eigenvalue weighted by Crippen LogP contribution is 2.59. The first-order valence-electron chi connectivity index (χ1n) is 23.3. The van der Waals surface area contributed by atoms with E-state index < -0.39 is 5.41 Å². The second-order valence-corrected chi connectivity index (χ2v) is 17.9. The molecule has 3 heteroatoms. The number of fused-ring (bicyclic) bond motifs is 11. The van der Waals surface area contributed by atoms with Crippen LogP contribution in [0.1, 0.15) is 22.3 Å². The van der Waals surface area contributed by atoms with E-state index in [-0.39, 0.29) is 0 Å². The van der Waals surface area contributed by atoms with Gasteiger partial charge < -0.3 is 13.7 Å². The van der Waals surface area contributed by atoms with E-state index in [1.54, 1.807) is 0 Å². The number of benzene rings is 11. The molecule has 13 aromatic rings. The summed E-state index contributed by atoms with van der Waals surface area (Å²) < 4.78 is 12.8. The van der Waals surface area contributed by atoms with Gasteiger partial charge >= 0.3 is 0 Å². The molecular formula is C65H41NO2. The van der Waals surface area contributed by atoms with E-state index in [0.717, 1.165) is 88.6 Å². The topological polar surface area (TPSA) is 29.5 Å². The van der Waals surface area contributed by atoms with Crippen LogP contribution in [0, 0.1) is 0 Å². The molecule has 2 heterocycles. The summed E-state index contributed by atoms with van der Waals surface area (Å²) in [6, 6.07) is 90.2. The van der Waals surface area contributed by atoms with E-state index in [4.69, 9.17) is 8.83 Å². The van der Waals surface area contributed by atoms with Gasteiger partial charge in [0.05, 0.1) is 11.1 Å². The lowest BCUT2D eigenvalue weighted by Crippen LogP contribution is -2.28. The molecule has 0 N–H and O–H groups in total. The largest absolute Gasteiger partial charge is 0.456 e. The van der Waals surface area contributed by atoms with Gasteiger partial charge in [0, 0.05) is 43.9 Å². The fraction of sp³-hybridized carbons (Fsp3) is 0.0154. The molecule has 318 valence electrons. The summed E-state index contributed by atoms with van der Waals surface area (Å²) in [5, 5.41) is 6.80. The van der Waals surface area contributed by atoms with Crippen LogP contribution < -0.4 is 4.90 Å². The Morgan fingerprint density at radius 2 is 0.926 bits per heavy atom. The van der Waals surface area contributed by atoms with Crippen molar-refractivity contribution in [3.05, 3.63) is 271 Å². The van der Waals surface area contributed by atoms with E-state index in [1.807, 2.05) is 12.1 Å². The number of anilines is 3. The Hall–Kier alpha value is -8.92. The molecular weight excluding hydrogens is 827 g/mol. The van der Waals surface area contributed by atoms with Crippen LogP contribution in [-0.4, -0.2) is 0 Å². The molecule has 14 rings (SSSR count). The molecule has 0 unspecified atom stereocenters. The lowest BCUT2D eigenvalue weighted by Gasteiger charge is -2.34. The predicted molar refractivity (Wildman–Crippen MR) is 281 cm³/mol. The molecule has 0 saturated carbocycles. The first-order valence-corrected chi connectivity index (χ1v) is 23.3. The lowest BCUT2D eigenvalue weighted by molar-refractivity contribution is 0.669. The number of rotatable bonds is 7. The Balaban J connectivity index is 0.961. The van der Waals surface area contributed by atoms with Crippen LogP contribution in [0.25, 0.3) is 88.0 Å². The van der Waals surface area contributed by atoms with Gasteiger partial charge in [0.1, 0.15) is 22.3 Å². The Morgan fingerprint density at radius 1 is 0.338 bits per heavy atom. The summed E-state index contributed by atoms with van der Waals surface area (Å²) in [5.74, 6) is 0. The maximum absolute atomic E-state index is 6.62. The van der Waals surface area contributed by atoms with Crippen molar-refractivity contribution in [3.63, 3.8) is 0 Å². The first kappa shape index (κ1) is 38.4. The minimum absolute atomic E-state index is 0.531. The summed E-state index contributed by atoms with van der Waals surface area (Å²) in [4.78, 5) is 2.45. The zero-order chi connectivity index (χ0) is 44.8. The summed E-state index contributed by atoms with van der Waals surface area (Å²) in [6.45, 7) is 0. The van der Waals surface area contributed by atoms with Crippen molar-refractivity contribution in [2.24, 2.45) is 0 Å². The van der Waals surface area contributed by atoms with Crippen molar-refractivity contribution in [1.82, 2.24) is 0 Å². The van der Waals surface area contributed by atoms with Crippen LogP contribution in [0.2, 0.25) is 0 Å².